The molecule has 7 heteroatoms. The van der Waals surface area contributed by atoms with Crippen LogP contribution < -0.4 is 5.32 Å². The molecule has 0 radical (unpaired) electrons. The molecule has 32 heavy (non-hydrogen) atoms. The first-order valence-corrected chi connectivity index (χ1v) is 13.2. The first-order valence-electron chi connectivity index (χ1n) is 12.4. The van der Waals surface area contributed by atoms with Gasteiger partial charge in [0, 0.05) is 22.8 Å². The van der Waals surface area contributed by atoms with Crippen LogP contribution in [0.15, 0.2) is 12.2 Å². The average Bonchev–Trinajstić information content (AvgIpc) is 3.21. The van der Waals surface area contributed by atoms with Gasteiger partial charge in [0.15, 0.2) is 10.9 Å². The van der Waals surface area contributed by atoms with Crippen molar-refractivity contribution in [2.45, 2.75) is 88.6 Å². The second-order valence-electron chi connectivity index (χ2n) is 11.0. The molecule has 6 rings (SSSR count). The maximum atomic E-state index is 13.5. The van der Waals surface area contributed by atoms with Crippen LogP contribution in [0.4, 0.5) is 5.13 Å². The Morgan fingerprint density at radius 1 is 1.09 bits per heavy atom. The maximum Gasteiger partial charge on any atom is 0.183 e. The topological polar surface area (TPSA) is 103 Å². The summed E-state index contributed by atoms with van der Waals surface area (Å²) in [4.78, 5) is 19.8. The SMILES string of the molecule is C=C1C(=O)C23C(O)C1CC[C@H]2C1c2nc(NC4CCCCC4)sc2CC(C)C1C(O)C3O. The zero-order valence-electron chi connectivity index (χ0n) is 18.7. The fourth-order valence-electron chi connectivity index (χ4n) is 8.15. The van der Waals surface area contributed by atoms with Crippen LogP contribution in [0.2, 0.25) is 0 Å². The number of hydrogen-bond acceptors (Lipinski definition) is 7. The summed E-state index contributed by atoms with van der Waals surface area (Å²) in [6.07, 6.45) is 5.13. The summed E-state index contributed by atoms with van der Waals surface area (Å²) in [6, 6.07) is 0.465. The predicted molar refractivity (Wildman–Crippen MR) is 123 cm³/mol. The van der Waals surface area contributed by atoms with Gasteiger partial charge >= 0.3 is 0 Å². The zero-order chi connectivity index (χ0) is 22.4. The molecule has 4 saturated carbocycles. The number of ketones is 1. The molecule has 1 aromatic heterocycles. The Morgan fingerprint density at radius 2 is 1.84 bits per heavy atom. The highest BCUT2D eigenvalue weighted by Gasteiger charge is 2.73. The number of rotatable bonds is 2. The van der Waals surface area contributed by atoms with E-state index in [1.165, 1.54) is 37.0 Å². The summed E-state index contributed by atoms with van der Waals surface area (Å²) in [5.74, 6) is -0.893. The van der Waals surface area contributed by atoms with E-state index in [1.54, 1.807) is 11.3 Å². The Labute approximate surface area is 193 Å². The van der Waals surface area contributed by atoms with Crippen molar-refractivity contribution in [1.29, 1.82) is 0 Å². The lowest BCUT2D eigenvalue weighted by molar-refractivity contribution is -0.212. The van der Waals surface area contributed by atoms with Gasteiger partial charge in [-0.2, -0.15) is 0 Å². The smallest absolute Gasteiger partial charge is 0.183 e. The van der Waals surface area contributed by atoms with E-state index in [9.17, 15) is 20.1 Å². The van der Waals surface area contributed by atoms with E-state index in [1.807, 2.05) is 0 Å². The number of aromatic nitrogens is 1. The third-order valence-corrected chi connectivity index (χ3v) is 10.6. The lowest BCUT2D eigenvalue weighted by Gasteiger charge is -2.58. The van der Waals surface area contributed by atoms with E-state index in [4.69, 9.17) is 4.98 Å². The maximum absolute atomic E-state index is 13.5. The largest absolute Gasteiger partial charge is 0.391 e. The van der Waals surface area contributed by atoms with Crippen molar-refractivity contribution >= 4 is 22.3 Å². The molecule has 1 spiro atoms. The minimum atomic E-state index is -1.35. The lowest BCUT2D eigenvalue weighted by Crippen LogP contribution is -2.67. The number of anilines is 1. The van der Waals surface area contributed by atoms with Crippen molar-refractivity contribution in [3.8, 4) is 0 Å². The Bertz CT molecular complexity index is 956. The quantitative estimate of drug-likeness (QED) is 0.508. The van der Waals surface area contributed by atoms with Gasteiger partial charge in [-0.25, -0.2) is 4.98 Å². The number of carbonyl (C=O) groups excluding carboxylic acids is 1. The van der Waals surface area contributed by atoms with Crippen molar-refractivity contribution in [3.05, 3.63) is 22.7 Å². The van der Waals surface area contributed by atoms with Crippen LogP contribution in [0.5, 0.6) is 0 Å². The van der Waals surface area contributed by atoms with E-state index in [2.05, 4.69) is 18.8 Å². The molecule has 174 valence electrons. The van der Waals surface area contributed by atoms with Crippen molar-refractivity contribution in [2.24, 2.45) is 29.1 Å². The molecule has 0 saturated heterocycles. The monoisotopic (exact) mass is 458 g/mol. The third kappa shape index (κ3) is 2.62. The van der Waals surface area contributed by atoms with Gasteiger partial charge in [-0.15, -0.1) is 11.3 Å². The normalized spacial score (nSPS) is 45.9. The van der Waals surface area contributed by atoms with Crippen molar-refractivity contribution < 1.29 is 20.1 Å². The Balaban J connectivity index is 1.43. The average molecular weight is 459 g/mol. The van der Waals surface area contributed by atoms with Gasteiger partial charge in [-0.3, -0.25) is 4.79 Å². The molecule has 5 aliphatic carbocycles. The van der Waals surface area contributed by atoms with Crippen LogP contribution in [0.3, 0.4) is 0 Å². The fourth-order valence-corrected chi connectivity index (χ4v) is 9.38. The van der Waals surface area contributed by atoms with Gasteiger partial charge in [0.25, 0.3) is 0 Å². The first kappa shape index (κ1) is 21.3. The number of hydrogen-bond donors (Lipinski definition) is 4. The number of nitrogens with one attached hydrogen (secondary N) is 1. The molecule has 4 fully saturated rings. The number of carbonyl (C=O) groups is 1. The number of thiazole rings is 1. The molecule has 0 amide bonds. The molecule has 0 aromatic carbocycles. The molecule has 0 aliphatic heterocycles. The lowest BCUT2D eigenvalue weighted by atomic mass is 9.47. The number of aliphatic hydroxyl groups is 3. The van der Waals surface area contributed by atoms with Gasteiger partial charge in [-0.05, 0) is 55.4 Å². The van der Waals surface area contributed by atoms with Crippen LogP contribution >= 0.6 is 11.3 Å². The standard InChI is InChI=1S/C25H34N2O4S/c1-11-10-16-19(27-24(32-16)26-13-6-4-3-5-7-13)18-15-9-8-14-12(2)21(29)25(15,22(14)30)23(31)20(28)17(11)18/h11,13-15,17-18,20,22-23,28,30-31H,2-10H2,1H3,(H,26,27)/t11?,14?,15-,17?,18?,20?,22?,23?,25?/m0/s1. The van der Waals surface area contributed by atoms with Crippen molar-refractivity contribution in [3.63, 3.8) is 0 Å². The molecule has 1 heterocycles. The van der Waals surface area contributed by atoms with E-state index >= 15 is 0 Å². The number of nitrogens with zero attached hydrogens (tertiary/aromatic N) is 1. The van der Waals surface area contributed by atoms with E-state index < -0.39 is 23.7 Å². The molecule has 6 nitrogen and oxygen atoms in total. The summed E-state index contributed by atoms with van der Waals surface area (Å²) < 4.78 is 0. The Morgan fingerprint density at radius 3 is 2.59 bits per heavy atom. The molecular formula is C25H34N2O4S. The highest BCUT2D eigenvalue weighted by Crippen LogP contribution is 2.66. The molecule has 8 unspecified atom stereocenters. The number of aliphatic hydroxyl groups excluding tert-OH is 3. The Kier molecular flexibility index (Phi) is 4.89. The highest BCUT2D eigenvalue weighted by molar-refractivity contribution is 7.15. The molecule has 4 N–H and O–H groups in total. The molecule has 1 aromatic rings. The van der Waals surface area contributed by atoms with Crippen molar-refractivity contribution in [2.75, 3.05) is 5.32 Å². The minimum absolute atomic E-state index is 0.129. The second kappa shape index (κ2) is 7.36. The van der Waals surface area contributed by atoms with Gasteiger partial charge in [0.2, 0.25) is 0 Å². The molecule has 5 aliphatic rings. The van der Waals surface area contributed by atoms with Gasteiger partial charge in [-0.1, -0.05) is 32.8 Å². The minimum Gasteiger partial charge on any atom is -0.391 e. The zero-order valence-corrected chi connectivity index (χ0v) is 19.5. The van der Waals surface area contributed by atoms with Crippen LogP contribution in [0.1, 0.15) is 68.4 Å². The summed E-state index contributed by atoms with van der Waals surface area (Å²) in [5.41, 5.74) is 0.0598. The number of fused-ring (bicyclic) bond motifs is 5. The molecule has 2 bridgehead atoms. The van der Waals surface area contributed by atoms with Crippen LogP contribution in [-0.2, 0) is 11.2 Å². The van der Waals surface area contributed by atoms with Crippen LogP contribution in [-0.4, -0.2) is 50.4 Å². The van der Waals surface area contributed by atoms with Crippen LogP contribution in [0, 0.1) is 29.1 Å². The summed E-state index contributed by atoms with van der Waals surface area (Å²) in [6.45, 7) is 6.12. The highest BCUT2D eigenvalue weighted by atomic mass is 32.1. The van der Waals surface area contributed by atoms with Crippen molar-refractivity contribution in [1.82, 2.24) is 4.98 Å². The van der Waals surface area contributed by atoms with Gasteiger partial charge in [0.05, 0.1) is 29.4 Å². The summed E-state index contributed by atoms with van der Waals surface area (Å²) in [5, 5.41) is 38.5. The molecular weight excluding hydrogens is 424 g/mol. The first-order chi connectivity index (χ1) is 15.4. The summed E-state index contributed by atoms with van der Waals surface area (Å²) in [7, 11) is 0. The number of Topliss-reactive ketones (excluding diaryl/α,β-unsaturated/α-hetero) is 1. The van der Waals surface area contributed by atoms with Gasteiger partial charge < -0.3 is 20.6 Å². The third-order valence-electron chi connectivity index (χ3n) is 9.60. The van der Waals surface area contributed by atoms with E-state index in [-0.39, 0.29) is 35.4 Å². The van der Waals surface area contributed by atoms with Crippen LogP contribution in [0.25, 0.3) is 0 Å². The van der Waals surface area contributed by atoms with Gasteiger partial charge in [0.1, 0.15) is 0 Å². The molecule has 9 atom stereocenters. The fraction of sp³-hybridized carbons (Fsp3) is 0.760. The predicted octanol–water partition coefficient (Wildman–Crippen LogP) is 3.03. The Hall–Kier alpha value is -1.28. The second-order valence-corrected chi connectivity index (χ2v) is 12.1. The summed E-state index contributed by atoms with van der Waals surface area (Å²) >= 11 is 1.72. The van der Waals surface area contributed by atoms with E-state index in [0.29, 0.717) is 18.0 Å². The van der Waals surface area contributed by atoms with E-state index in [0.717, 1.165) is 23.7 Å².